The fourth-order valence-corrected chi connectivity index (χ4v) is 8.13. The molecule has 0 spiro atoms. The minimum atomic E-state index is -3.44. The Morgan fingerprint density at radius 2 is 1.39 bits per heavy atom. The Bertz CT molecular complexity index is 1510. The van der Waals surface area contributed by atoms with E-state index in [9.17, 15) is 27.6 Å². The number of nitrogens with zero attached hydrogens (tertiary/aromatic N) is 2. The van der Waals surface area contributed by atoms with Gasteiger partial charge in [0.05, 0.1) is 17.3 Å². The number of Topliss-reactive ketones (excluding diaryl/α,β-unsaturated/α-hetero) is 2. The Kier molecular flexibility index (Phi) is 16.9. The minimum Gasteiger partial charge on any atom is -0.346 e. The predicted molar refractivity (Wildman–Crippen MR) is 201 cm³/mol. The van der Waals surface area contributed by atoms with E-state index >= 15 is 0 Å². The van der Waals surface area contributed by atoms with E-state index in [1.165, 1.54) is 18.4 Å². The third kappa shape index (κ3) is 13.2. The lowest BCUT2D eigenvalue weighted by atomic mass is 9.87. The molecule has 1 aliphatic heterocycles. The maximum Gasteiger partial charge on any atom is 0.226 e. The number of hydrogen-bond acceptors (Lipinski definition) is 8. The van der Waals surface area contributed by atoms with Crippen molar-refractivity contribution in [3.05, 3.63) is 71.8 Å². The van der Waals surface area contributed by atoms with Crippen LogP contribution < -0.4 is 16.8 Å². The summed E-state index contributed by atoms with van der Waals surface area (Å²) in [6, 6.07) is 17.3. The molecule has 0 aromatic heterocycles. The molecule has 0 unspecified atom stereocenters. The van der Waals surface area contributed by atoms with Crippen molar-refractivity contribution >= 4 is 33.4 Å². The summed E-state index contributed by atoms with van der Waals surface area (Å²) in [5.74, 6) is -2.32. The van der Waals surface area contributed by atoms with Crippen molar-refractivity contribution in [2.45, 2.75) is 95.4 Å². The maximum atomic E-state index is 14.0. The van der Waals surface area contributed by atoms with E-state index in [0.717, 1.165) is 11.1 Å². The number of piperidine rings is 1. The van der Waals surface area contributed by atoms with E-state index in [2.05, 4.69) is 5.32 Å². The van der Waals surface area contributed by atoms with E-state index < -0.39 is 45.1 Å². The van der Waals surface area contributed by atoms with Crippen LogP contribution in [0.4, 0.5) is 0 Å². The molecule has 4 atom stereocenters. The number of rotatable bonds is 21. The topological polar surface area (TPSA) is 173 Å². The van der Waals surface area contributed by atoms with Gasteiger partial charge < -0.3 is 21.7 Å². The number of benzene rings is 2. The fourth-order valence-electron chi connectivity index (χ4n) is 6.73. The molecule has 282 valence electrons. The largest absolute Gasteiger partial charge is 0.346 e. The fraction of sp³-hybridized carbons (Fsp3) is 0.590. The van der Waals surface area contributed by atoms with Crippen LogP contribution in [-0.4, -0.2) is 92.1 Å². The highest BCUT2D eigenvalue weighted by Gasteiger charge is 2.36. The highest BCUT2D eigenvalue weighted by Crippen LogP contribution is 2.25. The van der Waals surface area contributed by atoms with Crippen LogP contribution >= 0.6 is 0 Å². The summed E-state index contributed by atoms with van der Waals surface area (Å²) in [5.41, 5.74) is 13.9. The van der Waals surface area contributed by atoms with Crippen molar-refractivity contribution < 1.29 is 27.6 Å². The smallest absolute Gasteiger partial charge is 0.226 e. The first-order valence-corrected chi connectivity index (χ1v) is 19.8. The number of ketones is 2. The molecule has 0 saturated carbocycles. The normalized spacial score (nSPS) is 16.4. The predicted octanol–water partition coefficient (Wildman–Crippen LogP) is 3.49. The van der Waals surface area contributed by atoms with Crippen LogP contribution in [-0.2, 0) is 42.0 Å². The molecule has 11 nitrogen and oxygen atoms in total. The summed E-state index contributed by atoms with van der Waals surface area (Å²) in [6.07, 6.45) is 3.41. The molecule has 5 N–H and O–H groups in total. The number of hydrogen-bond donors (Lipinski definition) is 3. The van der Waals surface area contributed by atoms with Crippen molar-refractivity contribution in [3.63, 3.8) is 0 Å². The van der Waals surface area contributed by atoms with Crippen LogP contribution in [0.15, 0.2) is 60.7 Å². The quantitative estimate of drug-likeness (QED) is 0.164. The van der Waals surface area contributed by atoms with Crippen molar-refractivity contribution in [3.8, 4) is 0 Å². The number of amides is 2. The lowest BCUT2D eigenvalue weighted by Gasteiger charge is -2.35. The van der Waals surface area contributed by atoms with Gasteiger partial charge in [0.1, 0.15) is 0 Å². The van der Waals surface area contributed by atoms with Gasteiger partial charge in [0.2, 0.25) is 21.8 Å². The Labute approximate surface area is 304 Å². The maximum absolute atomic E-state index is 14.0. The monoisotopic (exact) mass is 725 g/mol. The van der Waals surface area contributed by atoms with Crippen LogP contribution in [0, 0.1) is 17.8 Å². The lowest BCUT2D eigenvalue weighted by molar-refractivity contribution is -0.140. The number of sulfonamides is 1. The molecule has 2 aromatic rings. The van der Waals surface area contributed by atoms with Crippen LogP contribution in [0.1, 0.15) is 76.3 Å². The standard InChI is InChI=1S/C39H59N5O6S/c1-28(2)23-35(37(46)26-31(17-11-12-20-40)39(48)44-21-18-33(19-22-44)51(49,50)43(3)4)42-38(47)32(24-29-13-7-5-8-14-29)27-36(45)34(41)25-30-15-9-6-10-16-30/h5-10,13-16,28,31-35H,11-12,17-27,40-41H2,1-4H3,(H,42,47)/t31-,32-,34+,35+/m0/s1. The van der Waals surface area contributed by atoms with E-state index in [1.54, 1.807) is 4.90 Å². The van der Waals surface area contributed by atoms with E-state index in [1.807, 2.05) is 74.5 Å². The van der Waals surface area contributed by atoms with Crippen LogP contribution in [0.5, 0.6) is 0 Å². The number of carbonyl (C=O) groups is 4. The minimum absolute atomic E-state index is 0.0543. The first kappa shape index (κ1) is 42.0. The second-order valence-electron chi connectivity index (χ2n) is 14.5. The zero-order valence-electron chi connectivity index (χ0n) is 30.8. The third-order valence-corrected chi connectivity index (χ3v) is 12.1. The second kappa shape index (κ2) is 20.6. The third-order valence-electron chi connectivity index (χ3n) is 9.75. The van der Waals surface area contributed by atoms with Crippen LogP contribution in [0.2, 0.25) is 0 Å². The summed E-state index contributed by atoms with van der Waals surface area (Å²) in [5, 5.41) is 2.44. The molecule has 1 saturated heterocycles. The average molecular weight is 726 g/mol. The molecule has 0 aliphatic carbocycles. The number of likely N-dealkylation sites (tertiary alicyclic amines) is 1. The van der Waals surface area contributed by atoms with Gasteiger partial charge in [-0.3, -0.25) is 19.2 Å². The van der Waals surface area contributed by atoms with E-state index in [4.69, 9.17) is 11.5 Å². The molecular formula is C39H59N5O6S. The van der Waals surface area contributed by atoms with Crippen molar-refractivity contribution in [1.82, 2.24) is 14.5 Å². The first-order valence-electron chi connectivity index (χ1n) is 18.3. The molecule has 2 aromatic carbocycles. The van der Waals surface area contributed by atoms with Crippen molar-refractivity contribution in [2.24, 2.45) is 29.2 Å². The Morgan fingerprint density at radius 3 is 1.92 bits per heavy atom. The SMILES string of the molecule is CC(C)C[C@@H](NC(=O)[C@H](CC(=O)[C@H](N)Cc1ccccc1)Cc1ccccc1)C(=O)C[C@H](CCCCN)C(=O)N1CCC(S(=O)(=O)N(C)C)CC1. The van der Waals surface area contributed by atoms with Crippen molar-refractivity contribution in [1.29, 1.82) is 0 Å². The molecule has 1 heterocycles. The molecular weight excluding hydrogens is 667 g/mol. The number of unbranched alkanes of at least 4 members (excludes halogenated alkanes) is 1. The van der Waals surface area contributed by atoms with E-state index in [0.29, 0.717) is 71.0 Å². The van der Waals surface area contributed by atoms with Gasteiger partial charge in [-0.25, -0.2) is 12.7 Å². The molecule has 3 rings (SSSR count). The van der Waals surface area contributed by atoms with Gasteiger partial charge in [-0.15, -0.1) is 0 Å². The average Bonchev–Trinajstić information content (AvgIpc) is 3.10. The Balaban J connectivity index is 1.76. The summed E-state index contributed by atoms with van der Waals surface area (Å²) in [7, 11) is -0.406. The van der Waals surface area contributed by atoms with Gasteiger partial charge in [-0.1, -0.05) is 80.9 Å². The molecule has 0 radical (unpaired) electrons. The Hall–Kier alpha value is -3.45. The molecule has 12 heteroatoms. The van der Waals surface area contributed by atoms with Crippen molar-refractivity contribution in [2.75, 3.05) is 33.7 Å². The van der Waals surface area contributed by atoms with Gasteiger partial charge in [0, 0.05) is 51.9 Å². The van der Waals surface area contributed by atoms with Gasteiger partial charge in [0.25, 0.3) is 0 Å². The highest BCUT2D eigenvalue weighted by atomic mass is 32.2. The summed E-state index contributed by atoms with van der Waals surface area (Å²) >= 11 is 0. The number of carbonyl (C=O) groups excluding carboxylic acids is 4. The zero-order chi connectivity index (χ0) is 37.6. The highest BCUT2D eigenvalue weighted by molar-refractivity contribution is 7.89. The summed E-state index contributed by atoms with van der Waals surface area (Å²) < 4.78 is 26.6. The van der Waals surface area contributed by atoms with Gasteiger partial charge in [0.15, 0.2) is 11.6 Å². The molecule has 51 heavy (non-hydrogen) atoms. The molecule has 0 bridgehead atoms. The summed E-state index contributed by atoms with van der Waals surface area (Å²) in [6.45, 7) is 4.99. The Morgan fingerprint density at radius 1 is 0.843 bits per heavy atom. The summed E-state index contributed by atoms with van der Waals surface area (Å²) in [4.78, 5) is 57.0. The van der Waals surface area contributed by atoms with Crippen LogP contribution in [0.25, 0.3) is 0 Å². The first-order chi connectivity index (χ1) is 24.2. The molecule has 2 amide bonds. The van der Waals surface area contributed by atoms with E-state index in [-0.39, 0.29) is 36.2 Å². The molecule has 1 aliphatic rings. The number of nitrogens with two attached hydrogens (primary N) is 2. The van der Waals surface area contributed by atoms with Gasteiger partial charge >= 0.3 is 0 Å². The zero-order valence-corrected chi connectivity index (χ0v) is 31.7. The van der Waals surface area contributed by atoms with Crippen LogP contribution in [0.3, 0.4) is 0 Å². The lowest BCUT2D eigenvalue weighted by Crippen LogP contribution is -2.49. The second-order valence-corrected chi connectivity index (χ2v) is 17.0. The number of nitrogens with one attached hydrogen (secondary N) is 1. The molecule has 1 fully saturated rings. The van der Waals surface area contributed by atoms with Gasteiger partial charge in [-0.2, -0.15) is 0 Å². The van der Waals surface area contributed by atoms with Gasteiger partial charge in [-0.05, 0) is 68.5 Å².